The van der Waals surface area contributed by atoms with Gasteiger partial charge in [-0.3, -0.25) is 19.4 Å². The Labute approximate surface area is 147 Å². The molecule has 2 aliphatic rings. The Morgan fingerprint density at radius 3 is 2.60 bits per heavy atom. The summed E-state index contributed by atoms with van der Waals surface area (Å²) >= 11 is 0. The zero-order valence-corrected chi connectivity index (χ0v) is 14.5. The van der Waals surface area contributed by atoms with Gasteiger partial charge in [-0.15, -0.1) is 0 Å². The molecule has 25 heavy (non-hydrogen) atoms. The molecule has 7 heteroatoms. The molecule has 1 saturated heterocycles. The van der Waals surface area contributed by atoms with Crippen LogP contribution in [0.3, 0.4) is 0 Å². The number of nitrogens with one attached hydrogen (secondary N) is 2. The second kappa shape index (κ2) is 7.93. The van der Waals surface area contributed by atoms with Crippen molar-refractivity contribution in [2.24, 2.45) is 0 Å². The van der Waals surface area contributed by atoms with Crippen molar-refractivity contribution in [2.75, 3.05) is 38.0 Å². The van der Waals surface area contributed by atoms with Crippen molar-refractivity contribution in [2.45, 2.75) is 31.8 Å². The first-order valence-corrected chi connectivity index (χ1v) is 8.83. The van der Waals surface area contributed by atoms with Gasteiger partial charge in [0, 0.05) is 37.9 Å². The predicted molar refractivity (Wildman–Crippen MR) is 93.7 cm³/mol. The third-order valence-corrected chi connectivity index (χ3v) is 4.73. The molecule has 0 aromatic heterocycles. The molecule has 1 aromatic rings. The highest BCUT2D eigenvalue weighted by atomic mass is 19.1. The van der Waals surface area contributed by atoms with Gasteiger partial charge in [0.25, 0.3) is 0 Å². The zero-order valence-electron chi connectivity index (χ0n) is 14.5. The lowest BCUT2D eigenvalue weighted by Gasteiger charge is -2.37. The van der Waals surface area contributed by atoms with E-state index >= 15 is 0 Å². The van der Waals surface area contributed by atoms with Crippen LogP contribution in [0.1, 0.15) is 19.8 Å². The van der Waals surface area contributed by atoms with Crippen molar-refractivity contribution >= 4 is 17.5 Å². The Morgan fingerprint density at radius 1 is 1.24 bits per heavy atom. The topological polar surface area (TPSA) is 64.7 Å². The fourth-order valence-electron chi connectivity index (χ4n) is 2.99. The van der Waals surface area contributed by atoms with Crippen LogP contribution in [0.25, 0.3) is 0 Å². The van der Waals surface area contributed by atoms with Gasteiger partial charge in [-0.25, -0.2) is 4.39 Å². The number of carbonyl (C=O) groups is 2. The van der Waals surface area contributed by atoms with Crippen molar-refractivity contribution in [3.8, 4) is 0 Å². The molecule has 1 aliphatic heterocycles. The van der Waals surface area contributed by atoms with Gasteiger partial charge in [0.2, 0.25) is 11.8 Å². The Bertz CT molecular complexity index is 627. The van der Waals surface area contributed by atoms with Gasteiger partial charge >= 0.3 is 0 Å². The summed E-state index contributed by atoms with van der Waals surface area (Å²) in [5.41, 5.74) is 0.467. The normalized spacial score (nSPS) is 20.1. The highest BCUT2D eigenvalue weighted by Gasteiger charge is 2.30. The molecule has 2 amide bonds. The SMILES string of the molecule is C[C@H](C(=O)NC1CC1)N1CCN(CC(=O)Nc2cccc(F)c2)CC1. The van der Waals surface area contributed by atoms with Gasteiger partial charge < -0.3 is 10.6 Å². The molecule has 3 rings (SSSR count). The van der Waals surface area contributed by atoms with Crippen LogP contribution in [0.4, 0.5) is 10.1 Å². The predicted octanol–water partition coefficient (Wildman–Crippen LogP) is 1.05. The quantitative estimate of drug-likeness (QED) is 0.807. The van der Waals surface area contributed by atoms with Crippen LogP contribution in [-0.2, 0) is 9.59 Å². The maximum Gasteiger partial charge on any atom is 0.238 e. The third kappa shape index (κ3) is 5.24. The number of carbonyl (C=O) groups excluding carboxylic acids is 2. The van der Waals surface area contributed by atoms with Crippen LogP contribution in [0.2, 0.25) is 0 Å². The first-order chi connectivity index (χ1) is 12.0. The molecule has 1 atom stereocenters. The monoisotopic (exact) mass is 348 g/mol. The van der Waals surface area contributed by atoms with E-state index in [0.29, 0.717) is 11.7 Å². The number of nitrogens with zero attached hydrogens (tertiary/aromatic N) is 2. The van der Waals surface area contributed by atoms with Crippen molar-refractivity contribution in [1.29, 1.82) is 0 Å². The molecule has 2 N–H and O–H groups in total. The molecule has 1 heterocycles. The molecule has 1 aromatic carbocycles. The van der Waals surface area contributed by atoms with E-state index in [0.717, 1.165) is 39.0 Å². The number of anilines is 1. The van der Waals surface area contributed by atoms with Gasteiger partial charge in [-0.05, 0) is 38.0 Å². The third-order valence-electron chi connectivity index (χ3n) is 4.73. The molecule has 0 radical (unpaired) electrons. The van der Waals surface area contributed by atoms with E-state index in [2.05, 4.69) is 20.4 Å². The summed E-state index contributed by atoms with van der Waals surface area (Å²) in [7, 11) is 0. The molecule has 2 fully saturated rings. The number of hydrogen-bond acceptors (Lipinski definition) is 4. The second-order valence-corrected chi connectivity index (χ2v) is 6.83. The summed E-state index contributed by atoms with van der Waals surface area (Å²) < 4.78 is 13.1. The summed E-state index contributed by atoms with van der Waals surface area (Å²) in [5.74, 6) is -0.428. The maximum absolute atomic E-state index is 13.1. The number of piperazine rings is 1. The van der Waals surface area contributed by atoms with E-state index in [1.807, 2.05) is 6.92 Å². The van der Waals surface area contributed by atoms with Crippen LogP contribution in [0.15, 0.2) is 24.3 Å². The largest absolute Gasteiger partial charge is 0.352 e. The van der Waals surface area contributed by atoms with Crippen molar-refractivity contribution in [1.82, 2.24) is 15.1 Å². The number of rotatable bonds is 6. The smallest absolute Gasteiger partial charge is 0.238 e. The number of amides is 2. The Balaban J connectivity index is 1.41. The fourth-order valence-corrected chi connectivity index (χ4v) is 2.99. The van der Waals surface area contributed by atoms with Crippen LogP contribution in [0.5, 0.6) is 0 Å². The molecule has 1 saturated carbocycles. The van der Waals surface area contributed by atoms with Crippen molar-refractivity contribution < 1.29 is 14.0 Å². The molecule has 0 bridgehead atoms. The maximum atomic E-state index is 13.1. The van der Waals surface area contributed by atoms with Gasteiger partial charge in [-0.1, -0.05) is 6.07 Å². The van der Waals surface area contributed by atoms with Crippen LogP contribution in [-0.4, -0.2) is 66.4 Å². The first-order valence-electron chi connectivity index (χ1n) is 8.83. The van der Waals surface area contributed by atoms with Gasteiger partial charge in [-0.2, -0.15) is 0 Å². The van der Waals surface area contributed by atoms with Crippen LogP contribution < -0.4 is 10.6 Å². The molecule has 0 unspecified atom stereocenters. The summed E-state index contributed by atoms with van der Waals surface area (Å²) in [4.78, 5) is 28.4. The molecule has 0 spiro atoms. The molecule has 6 nitrogen and oxygen atoms in total. The van der Waals surface area contributed by atoms with E-state index < -0.39 is 0 Å². The van der Waals surface area contributed by atoms with Crippen LogP contribution in [0, 0.1) is 5.82 Å². The Hall–Kier alpha value is -1.99. The summed E-state index contributed by atoms with van der Waals surface area (Å²) in [6.07, 6.45) is 2.18. The second-order valence-electron chi connectivity index (χ2n) is 6.83. The molecule has 136 valence electrons. The summed E-state index contributed by atoms with van der Waals surface area (Å²) in [5, 5.41) is 5.75. The Morgan fingerprint density at radius 2 is 1.96 bits per heavy atom. The average Bonchev–Trinajstić information content (AvgIpc) is 3.38. The number of benzene rings is 1. The molecular formula is C18H25FN4O2. The standard InChI is InChI=1S/C18H25FN4O2/c1-13(18(25)21-15-5-6-15)23-9-7-22(8-10-23)12-17(24)20-16-4-2-3-14(19)11-16/h2-4,11,13,15H,5-10,12H2,1H3,(H,20,24)(H,21,25)/t13-/m1/s1. The van der Waals surface area contributed by atoms with Crippen molar-refractivity contribution in [3.05, 3.63) is 30.1 Å². The minimum absolute atomic E-state index is 0.0970. The summed E-state index contributed by atoms with van der Waals surface area (Å²) in [6.45, 7) is 5.19. The number of halogens is 1. The Kier molecular flexibility index (Phi) is 5.65. The first kappa shape index (κ1) is 17.8. The van der Waals surface area contributed by atoms with Gasteiger partial charge in [0.1, 0.15) is 5.82 Å². The van der Waals surface area contributed by atoms with E-state index in [9.17, 15) is 14.0 Å². The minimum atomic E-state index is -0.370. The van der Waals surface area contributed by atoms with Gasteiger partial charge in [0.15, 0.2) is 0 Å². The zero-order chi connectivity index (χ0) is 17.8. The van der Waals surface area contributed by atoms with E-state index in [-0.39, 0.29) is 30.2 Å². The van der Waals surface area contributed by atoms with E-state index in [1.54, 1.807) is 12.1 Å². The highest BCUT2D eigenvalue weighted by molar-refractivity contribution is 5.92. The molecule has 1 aliphatic carbocycles. The minimum Gasteiger partial charge on any atom is -0.352 e. The van der Waals surface area contributed by atoms with Crippen molar-refractivity contribution in [3.63, 3.8) is 0 Å². The van der Waals surface area contributed by atoms with E-state index in [4.69, 9.17) is 0 Å². The lowest BCUT2D eigenvalue weighted by Crippen LogP contribution is -2.55. The molecular weight excluding hydrogens is 323 g/mol. The summed E-state index contributed by atoms with van der Waals surface area (Å²) in [6, 6.07) is 6.12. The highest BCUT2D eigenvalue weighted by Crippen LogP contribution is 2.19. The van der Waals surface area contributed by atoms with Crippen LogP contribution >= 0.6 is 0 Å². The van der Waals surface area contributed by atoms with E-state index in [1.165, 1.54) is 12.1 Å². The lowest BCUT2D eigenvalue weighted by molar-refractivity contribution is -0.127. The van der Waals surface area contributed by atoms with Gasteiger partial charge in [0.05, 0.1) is 12.6 Å². The average molecular weight is 348 g/mol. The number of hydrogen-bond donors (Lipinski definition) is 2. The lowest BCUT2D eigenvalue weighted by atomic mass is 10.2. The fraction of sp³-hybridized carbons (Fsp3) is 0.556.